The van der Waals surface area contributed by atoms with Crippen molar-refractivity contribution >= 4 is 17.4 Å². The Morgan fingerprint density at radius 2 is 2.08 bits per heavy atom. The first-order chi connectivity index (χ1) is 11.6. The fourth-order valence-electron chi connectivity index (χ4n) is 2.96. The molecule has 0 spiro atoms. The first-order valence-electron chi connectivity index (χ1n) is 7.92. The van der Waals surface area contributed by atoms with E-state index in [1.807, 2.05) is 30.0 Å². The Morgan fingerprint density at radius 1 is 1.33 bits per heavy atom. The minimum atomic E-state index is 0.0290. The van der Waals surface area contributed by atoms with E-state index >= 15 is 0 Å². The molecule has 0 N–H and O–H groups in total. The van der Waals surface area contributed by atoms with E-state index in [9.17, 15) is 4.79 Å². The summed E-state index contributed by atoms with van der Waals surface area (Å²) in [5.41, 5.74) is 2.52. The highest BCUT2D eigenvalue weighted by Crippen LogP contribution is 2.23. The standard InChI is InChI=1S/C17H19N5OS/c1-12-16(24-20-19-12)17(23)22-8-6-21(7-9-22)13(2)15-5-3-4-14(10-15)11-18/h3-5,10,13H,6-9H2,1-2H3/t13-/m1/s1. The van der Waals surface area contributed by atoms with Gasteiger partial charge in [-0.3, -0.25) is 9.69 Å². The number of nitriles is 1. The van der Waals surface area contributed by atoms with E-state index in [1.165, 1.54) is 0 Å². The van der Waals surface area contributed by atoms with Crippen molar-refractivity contribution in [3.63, 3.8) is 0 Å². The molecule has 0 unspecified atom stereocenters. The quantitative estimate of drug-likeness (QED) is 0.856. The van der Waals surface area contributed by atoms with Crippen LogP contribution in [0.1, 0.15) is 39.5 Å². The first kappa shape index (κ1) is 16.6. The van der Waals surface area contributed by atoms with Crippen molar-refractivity contribution in [2.75, 3.05) is 26.2 Å². The lowest BCUT2D eigenvalue weighted by Crippen LogP contribution is -2.49. The summed E-state index contributed by atoms with van der Waals surface area (Å²) in [6.07, 6.45) is 0. The molecule has 2 aromatic rings. The van der Waals surface area contributed by atoms with Crippen molar-refractivity contribution in [3.8, 4) is 6.07 Å². The molecule has 0 radical (unpaired) electrons. The lowest BCUT2D eigenvalue weighted by atomic mass is 10.0. The Balaban J connectivity index is 1.63. The van der Waals surface area contributed by atoms with Crippen LogP contribution in [0.2, 0.25) is 0 Å². The van der Waals surface area contributed by atoms with E-state index in [0.29, 0.717) is 29.2 Å². The van der Waals surface area contributed by atoms with Gasteiger partial charge in [-0.15, -0.1) is 5.10 Å². The number of benzene rings is 1. The Bertz CT molecular complexity index is 773. The van der Waals surface area contributed by atoms with Crippen LogP contribution in [0.15, 0.2) is 24.3 Å². The van der Waals surface area contributed by atoms with E-state index in [1.54, 1.807) is 0 Å². The summed E-state index contributed by atoms with van der Waals surface area (Å²) in [5.74, 6) is 0.0290. The highest BCUT2D eigenvalue weighted by atomic mass is 32.1. The van der Waals surface area contributed by atoms with Crippen molar-refractivity contribution in [2.45, 2.75) is 19.9 Å². The van der Waals surface area contributed by atoms with Crippen LogP contribution < -0.4 is 0 Å². The Hall–Kier alpha value is -2.30. The fraction of sp³-hybridized carbons (Fsp3) is 0.412. The van der Waals surface area contributed by atoms with Crippen molar-refractivity contribution < 1.29 is 4.79 Å². The number of carbonyl (C=O) groups is 1. The lowest BCUT2D eigenvalue weighted by molar-refractivity contribution is 0.0586. The Morgan fingerprint density at radius 3 is 2.71 bits per heavy atom. The molecule has 0 bridgehead atoms. The van der Waals surface area contributed by atoms with Crippen LogP contribution in [-0.2, 0) is 0 Å². The van der Waals surface area contributed by atoms with Gasteiger partial charge in [-0.25, -0.2) is 0 Å². The minimum absolute atomic E-state index is 0.0290. The molecular formula is C17H19N5OS. The summed E-state index contributed by atoms with van der Waals surface area (Å²) in [6, 6.07) is 10.1. The van der Waals surface area contributed by atoms with Crippen LogP contribution in [-0.4, -0.2) is 51.5 Å². The molecule has 1 aliphatic rings. The summed E-state index contributed by atoms with van der Waals surface area (Å²) in [7, 11) is 0. The maximum absolute atomic E-state index is 12.5. The third kappa shape index (κ3) is 3.30. The van der Waals surface area contributed by atoms with Crippen LogP contribution >= 0.6 is 11.5 Å². The first-order valence-corrected chi connectivity index (χ1v) is 8.70. The number of hydrogen-bond acceptors (Lipinski definition) is 6. The van der Waals surface area contributed by atoms with Gasteiger partial charge in [0.05, 0.1) is 17.3 Å². The van der Waals surface area contributed by atoms with Gasteiger partial charge < -0.3 is 4.90 Å². The second-order valence-electron chi connectivity index (χ2n) is 5.93. The predicted molar refractivity (Wildman–Crippen MR) is 91.7 cm³/mol. The van der Waals surface area contributed by atoms with Crippen LogP contribution in [0.25, 0.3) is 0 Å². The normalized spacial score (nSPS) is 16.6. The SMILES string of the molecule is Cc1nnsc1C(=O)N1CCN([C@H](C)c2cccc(C#N)c2)CC1. The molecule has 3 rings (SSSR count). The highest BCUT2D eigenvalue weighted by molar-refractivity contribution is 7.07. The average Bonchev–Trinajstić information content (AvgIpc) is 3.06. The number of hydrogen-bond donors (Lipinski definition) is 0. The highest BCUT2D eigenvalue weighted by Gasteiger charge is 2.27. The van der Waals surface area contributed by atoms with Gasteiger partial charge >= 0.3 is 0 Å². The third-order valence-electron chi connectivity index (χ3n) is 4.49. The molecule has 124 valence electrons. The Kier molecular flexibility index (Phi) is 4.88. The number of aryl methyl sites for hydroxylation is 1. The molecule has 1 fully saturated rings. The molecule has 1 aromatic carbocycles. The van der Waals surface area contributed by atoms with Gasteiger partial charge in [0.25, 0.3) is 5.91 Å². The van der Waals surface area contributed by atoms with E-state index < -0.39 is 0 Å². The molecule has 0 aliphatic carbocycles. The van der Waals surface area contributed by atoms with Crippen molar-refractivity contribution in [3.05, 3.63) is 46.0 Å². The van der Waals surface area contributed by atoms with Gasteiger partial charge in [0.1, 0.15) is 4.88 Å². The molecule has 1 aliphatic heterocycles. The number of amides is 1. The summed E-state index contributed by atoms with van der Waals surface area (Å²) >= 11 is 1.16. The van der Waals surface area contributed by atoms with Crippen LogP contribution in [0.4, 0.5) is 0 Å². The molecule has 1 saturated heterocycles. The van der Waals surface area contributed by atoms with E-state index in [-0.39, 0.29) is 11.9 Å². The third-order valence-corrected chi connectivity index (χ3v) is 5.31. The summed E-state index contributed by atoms with van der Waals surface area (Å²) in [6.45, 7) is 6.98. The molecule has 2 heterocycles. The topological polar surface area (TPSA) is 73.1 Å². The predicted octanol–water partition coefficient (Wildman–Crippen LogP) is 2.24. The molecular weight excluding hydrogens is 322 g/mol. The number of nitrogens with zero attached hydrogens (tertiary/aromatic N) is 5. The zero-order chi connectivity index (χ0) is 17.1. The number of carbonyl (C=O) groups excluding carboxylic acids is 1. The monoisotopic (exact) mass is 341 g/mol. The summed E-state index contributed by atoms with van der Waals surface area (Å²) < 4.78 is 3.84. The zero-order valence-corrected chi connectivity index (χ0v) is 14.6. The molecule has 1 amide bonds. The van der Waals surface area contributed by atoms with Gasteiger partial charge in [0.2, 0.25) is 0 Å². The van der Waals surface area contributed by atoms with Crippen molar-refractivity contribution in [1.82, 2.24) is 19.4 Å². The second kappa shape index (κ2) is 7.07. The molecule has 6 nitrogen and oxygen atoms in total. The number of aromatic nitrogens is 2. The van der Waals surface area contributed by atoms with Crippen molar-refractivity contribution in [2.24, 2.45) is 0 Å². The summed E-state index contributed by atoms with van der Waals surface area (Å²) in [4.78, 5) is 17.4. The van der Waals surface area contributed by atoms with Gasteiger partial charge in [-0.05, 0) is 43.1 Å². The van der Waals surface area contributed by atoms with Gasteiger partial charge in [-0.1, -0.05) is 16.6 Å². The maximum Gasteiger partial charge on any atom is 0.267 e. The molecule has 1 atom stereocenters. The molecule has 0 saturated carbocycles. The fourth-order valence-corrected chi connectivity index (χ4v) is 3.59. The maximum atomic E-state index is 12.5. The van der Waals surface area contributed by atoms with E-state index in [4.69, 9.17) is 5.26 Å². The van der Waals surface area contributed by atoms with E-state index in [0.717, 1.165) is 30.2 Å². The molecule has 7 heteroatoms. The van der Waals surface area contributed by atoms with Gasteiger partial charge in [0.15, 0.2) is 0 Å². The van der Waals surface area contributed by atoms with Crippen LogP contribution in [0.5, 0.6) is 0 Å². The molecule has 1 aromatic heterocycles. The van der Waals surface area contributed by atoms with Gasteiger partial charge in [-0.2, -0.15) is 5.26 Å². The number of piperazine rings is 1. The minimum Gasteiger partial charge on any atom is -0.335 e. The average molecular weight is 341 g/mol. The summed E-state index contributed by atoms with van der Waals surface area (Å²) in [5, 5.41) is 13.0. The largest absolute Gasteiger partial charge is 0.335 e. The van der Waals surface area contributed by atoms with Crippen LogP contribution in [0.3, 0.4) is 0 Å². The van der Waals surface area contributed by atoms with E-state index in [2.05, 4.69) is 33.5 Å². The lowest BCUT2D eigenvalue weighted by Gasteiger charge is -2.38. The van der Waals surface area contributed by atoms with Crippen LogP contribution in [0, 0.1) is 18.3 Å². The Labute approximate surface area is 145 Å². The zero-order valence-electron chi connectivity index (χ0n) is 13.8. The van der Waals surface area contributed by atoms with Crippen molar-refractivity contribution in [1.29, 1.82) is 5.26 Å². The smallest absolute Gasteiger partial charge is 0.267 e. The number of rotatable bonds is 3. The second-order valence-corrected chi connectivity index (χ2v) is 6.68. The molecule has 24 heavy (non-hydrogen) atoms. The van der Waals surface area contributed by atoms with Gasteiger partial charge in [0, 0.05) is 32.2 Å².